The maximum atomic E-state index is 14.0. The van der Waals surface area contributed by atoms with Crippen LogP contribution in [0.4, 0.5) is 17.1 Å². The fraction of sp³-hybridized carbons (Fsp3) is 0.205. The molecule has 5 aromatic carbocycles. The molecule has 308 valence electrons. The molecule has 0 aliphatic carbocycles. The van der Waals surface area contributed by atoms with E-state index in [-0.39, 0.29) is 79.1 Å². The largest absolute Gasteiger partial charge is 0.505 e. The number of carbonyl (C=O) groups excluding carboxylic acids is 3. The monoisotopic (exact) mass is 865 g/mol. The second kappa shape index (κ2) is 16.6. The SMILES string of the molecule is CCN(CC)S(=O)(=O)c1ccc(OC)c(N=Nc2c(O)c(C(=O)Nc3cc(Cl)c(OC)cc3OC)cc3cc(S(=O)(=O)O)cc(CN4C(=O)c5ccccc5C4=O)c23)c1. The minimum atomic E-state index is -4.98. The van der Waals surface area contributed by atoms with Gasteiger partial charge in [0.2, 0.25) is 10.0 Å². The van der Waals surface area contributed by atoms with Gasteiger partial charge in [0.1, 0.15) is 28.6 Å². The number of azo groups is 1. The highest BCUT2D eigenvalue weighted by molar-refractivity contribution is 7.89. The number of hydrogen-bond donors (Lipinski definition) is 3. The van der Waals surface area contributed by atoms with E-state index in [2.05, 4.69) is 15.5 Å². The fourth-order valence-corrected chi connectivity index (χ4v) is 8.82. The molecular weight excluding hydrogens is 830 g/mol. The number of hydrogen-bond acceptors (Lipinski definition) is 13. The van der Waals surface area contributed by atoms with E-state index in [1.54, 1.807) is 26.0 Å². The highest BCUT2D eigenvalue weighted by atomic mass is 35.5. The van der Waals surface area contributed by atoms with Gasteiger partial charge in [-0.1, -0.05) is 37.6 Å². The van der Waals surface area contributed by atoms with E-state index in [0.29, 0.717) is 0 Å². The molecule has 0 bridgehead atoms. The fourth-order valence-electron chi connectivity index (χ4n) is 6.54. The number of methoxy groups -OCH3 is 3. The number of ether oxygens (including phenoxy) is 3. The summed E-state index contributed by atoms with van der Waals surface area (Å²) >= 11 is 6.33. The number of fused-ring (bicyclic) bond motifs is 2. The molecule has 0 aromatic heterocycles. The van der Waals surface area contributed by atoms with Gasteiger partial charge >= 0.3 is 0 Å². The van der Waals surface area contributed by atoms with Crippen LogP contribution in [0.2, 0.25) is 5.02 Å². The van der Waals surface area contributed by atoms with E-state index in [4.69, 9.17) is 25.8 Å². The van der Waals surface area contributed by atoms with Gasteiger partial charge in [-0.2, -0.15) is 12.7 Å². The normalized spacial score (nSPS) is 13.1. The van der Waals surface area contributed by atoms with Crippen LogP contribution in [0.25, 0.3) is 10.8 Å². The summed E-state index contributed by atoms with van der Waals surface area (Å²) in [6.07, 6.45) is 0. The number of nitrogens with one attached hydrogen (secondary N) is 1. The lowest BCUT2D eigenvalue weighted by molar-refractivity contribution is 0.0642. The number of sulfonamides is 1. The number of phenols is 1. The molecule has 17 nitrogen and oxygen atoms in total. The van der Waals surface area contributed by atoms with Crippen LogP contribution in [0, 0.1) is 0 Å². The Morgan fingerprint density at radius 1 is 0.814 bits per heavy atom. The summed E-state index contributed by atoms with van der Waals surface area (Å²) in [4.78, 5) is 41.0. The Bertz CT molecular complexity index is 2780. The van der Waals surface area contributed by atoms with E-state index >= 15 is 0 Å². The van der Waals surface area contributed by atoms with Crippen molar-refractivity contribution in [3.05, 3.63) is 100 Å². The lowest BCUT2D eigenvalue weighted by atomic mass is 9.98. The van der Waals surface area contributed by atoms with Gasteiger partial charge in [0.25, 0.3) is 27.8 Å². The van der Waals surface area contributed by atoms with Crippen LogP contribution >= 0.6 is 11.6 Å². The van der Waals surface area contributed by atoms with Crippen LogP contribution in [-0.2, 0) is 26.7 Å². The Hall–Kier alpha value is -6.12. The highest BCUT2D eigenvalue weighted by Gasteiger charge is 2.36. The Morgan fingerprint density at radius 3 is 2.02 bits per heavy atom. The predicted octanol–water partition coefficient (Wildman–Crippen LogP) is 6.97. The minimum absolute atomic E-state index is 0.0416. The van der Waals surface area contributed by atoms with E-state index in [9.17, 15) is 40.9 Å². The second-order valence-electron chi connectivity index (χ2n) is 12.8. The van der Waals surface area contributed by atoms with E-state index in [0.717, 1.165) is 23.1 Å². The van der Waals surface area contributed by atoms with Crippen LogP contribution in [0.3, 0.4) is 0 Å². The van der Waals surface area contributed by atoms with Crippen molar-refractivity contribution in [3.8, 4) is 23.0 Å². The predicted molar refractivity (Wildman–Crippen MR) is 216 cm³/mol. The molecule has 0 atom stereocenters. The zero-order chi connectivity index (χ0) is 43.0. The number of rotatable bonds is 14. The van der Waals surface area contributed by atoms with Gasteiger partial charge in [-0.15, -0.1) is 10.2 Å². The van der Waals surface area contributed by atoms with Gasteiger partial charge in [-0.25, -0.2) is 8.42 Å². The van der Waals surface area contributed by atoms with Gasteiger partial charge in [0, 0.05) is 24.5 Å². The van der Waals surface area contributed by atoms with E-state index in [1.807, 2.05) is 0 Å². The summed E-state index contributed by atoms with van der Waals surface area (Å²) in [6, 6.07) is 15.7. The van der Waals surface area contributed by atoms with Gasteiger partial charge in [-0.3, -0.25) is 23.8 Å². The molecule has 3 amide bonds. The Kier molecular flexibility index (Phi) is 12.0. The van der Waals surface area contributed by atoms with Crippen molar-refractivity contribution < 1.29 is 55.1 Å². The molecule has 0 saturated heterocycles. The third-order valence-electron chi connectivity index (χ3n) is 9.46. The number of amides is 3. The second-order valence-corrected chi connectivity index (χ2v) is 16.5. The molecule has 0 unspecified atom stereocenters. The van der Waals surface area contributed by atoms with Gasteiger partial charge in [-0.05, 0) is 65.5 Å². The zero-order valence-corrected chi connectivity index (χ0v) is 34.4. The summed E-state index contributed by atoms with van der Waals surface area (Å²) in [5, 5.41) is 23.0. The zero-order valence-electron chi connectivity index (χ0n) is 32.0. The van der Waals surface area contributed by atoms with Gasteiger partial charge < -0.3 is 24.6 Å². The van der Waals surface area contributed by atoms with Crippen molar-refractivity contribution >= 4 is 77.3 Å². The van der Waals surface area contributed by atoms with Crippen LogP contribution < -0.4 is 19.5 Å². The molecule has 6 rings (SSSR count). The van der Waals surface area contributed by atoms with Crippen molar-refractivity contribution in [2.75, 3.05) is 39.7 Å². The van der Waals surface area contributed by atoms with Crippen molar-refractivity contribution in [1.29, 1.82) is 0 Å². The number of anilines is 1. The average molecular weight is 866 g/mol. The van der Waals surface area contributed by atoms with E-state index in [1.165, 1.54) is 68.1 Å². The first-order chi connectivity index (χ1) is 28.0. The maximum absolute atomic E-state index is 14.0. The summed E-state index contributed by atoms with van der Waals surface area (Å²) in [7, 11) is -4.98. The molecule has 59 heavy (non-hydrogen) atoms. The molecule has 0 radical (unpaired) electrons. The first-order valence-electron chi connectivity index (χ1n) is 17.6. The first-order valence-corrected chi connectivity index (χ1v) is 20.8. The van der Waals surface area contributed by atoms with Crippen LogP contribution in [0.15, 0.2) is 92.8 Å². The molecule has 0 fully saturated rings. The Balaban J connectivity index is 1.60. The Labute approximate surface area is 343 Å². The average Bonchev–Trinajstić information content (AvgIpc) is 3.44. The molecule has 0 spiro atoms. The molecule has 1 heterocycles. The van der Waals surface area contributed by atoms with Crippen LogP contribution in [0.1, 0.15) is 50.5 Å². The Morgan fingerprint density at radius 2 is 1.44 bits per heavy atom. The summed E-state index contributed by atoms with van der Waals surface area (Å²) in [6.45, 7) is 3.10. The first kappa shape index (κ1) is 42.5. The van der Waals surface area contributed by atoms with Crippen molar-refractivity contribution in [2.45, 2.75) is 30.2 Å². The number of nitrogens with zero attached hydrogens (tertiary/aromatic N) is 4. The van der Waals surface area contributed by atoms with Gasteiger partial charge in [0.05, 0.1) is 65.1 Å². The number of carbonyl (C=O) groups is 3. The standard InChI is InChI=1S/C39H36ClN5O12S2/c1-6-44(7-2)58(50,51)23-12-13-31(55-3)30(17-23)42-43-35-34-21(16-27(36(35)46)37(47)41-29-18-28(40)32(56-4)19-33(29)57-5)14-24(59(52,53)54)15-22(34)20-45-38(48)25-10-8-9-11-26(25)39(45)49/h8-19,46H,6-7,20H2,1-5H3,(H,41,47)(H,52,53,54). The molecule has 5 aromatic rings. The summed E-state index contributed by atoms with van der Waals surface area (Å²) < 4.78 is 79.7. The number of benzene rings is 5. The smallest absolute Gasteiger partial charge is 0.294 e. The minimum Gasteiger partial charge on any atom is -0.505 e. The molecule has 1 aliphatic heterocycles. The number of phenolic OH excluding ortho intramolecular Hbond substituents is 1. The number of aromatic hydroxyl groups is 1. The highest BCUT2D eigenvalue weighted by Crippen LogP contribution is 2.45. The molecule has 3 N–H and O–H groups in total. The molecule has 0 saturated carbocycles. The van der Waals surface area contributed by atoms with Crippen LogP contribution in [-0.4, -0.2) is 87.8 Å². The van der Waals surface area contributed by atoms with Crippen molar-refractivity contribution in [2.24, 2.45) is 10.2 Å². The summed E-state index contributed by atoms with van der Waals surface area (Å²) in [5.41, 5.74) is -0.985. The number of halogens is 1. The summed E-state index contributed by atoms with van der Waals surface area (Å²) in [5.74, 6) is -2.80. The maximum Gasteiger partial charge on any atom is 0.294 e. The van der Waals surface area contributed by atoms with E-state index < -0.39 is 66.3 Å². The third-order valence-corrected chi connectivity index (χ3v) is 12.6. The van der Waals surface area contributed by atoms with Crippen molar-refractivity contribution in [1.82, 2.24) is 9.21 Å². The van der Waals surface area contributed by atoms with Crippen molar-refractivity contribution in [3.63, 3.8) is 0 Å². The lowest BCUT2D eigenvalue weighted by Crippen LogP contribution is -2.30. The number of imide groups is 1. The third kappa shape index (κ3) is 8.02. The molecule has 20 heteroatoms. The topological polar surface area (TPSA) is 231 Å². The quantitative estimate of drug-likeness (QED) is 0.0584. The van der Waals surface area contributed by atoms with Crippen LogP contribution in [0.5, 0.6) is 23.0 Å². The lowest BCUT2D eigenvalue weighted by Gasteiger charge is -2.19. The molecule has 1 aliphatic rings. The molecular formula is C39H36ClN5O12S2. The van der Waals surface area contributed by atoms with Gasteiger partial charge in [0.15, 0.2) is 5.75 Å².